The van der Waals surface area contributed by atoms with Gasteiger partial charge < -0.3 is 16.0 Å². The van der Waals surface area contributed by atoms with Gasteiger partial charge in [-0.25, -0.2) is 4.79 Å². The van der Waals surface area contributed by atoms with Crippen LogP contribution in [-0.2, 0) is 5.41 Å². The quantitative estimate of drug-likeness (QED) is 0.784. The first-order chi connectivity index (χ1) is 10.8. The Morgan fingerprint density at radius 2 is 1.74 bits per heavy atom. The Balaban J connectivity index is 1.60. The van der Waals surface area contributed by atoms with Gasteiger partial charge in [0.25, 0.3) is 5.91 Å². The van der Waals surface area contributed by atoms with E-state index in [2.05, 4.69) is 36.7 Å². The van der Waals surface area contributed by atoms with Gasteiger partial charge in [0.1, 0.15) is 0 Å². The second kappa shape index (κ2) is 5.87. The zero-order valence-corrected chi connectivity index (χ0v) is 14.0. The molecule has 0 radical (unpaired) electrons. The maximum Gasteiger partial charge on any atom is 0.315 e. The molecule has 1 saturated carbocycles. The van der Waals surface area contributed by atoms with Crippen molar-refractivity contribution in [2.24, 2.45) is 0 Å². The van der Waals surface area contributed by atoms with Crippen molar-refractivity contribution in [2.45, 2.75) is 63.6 Å². The number of hydrogen-bond donors (Lipinski definition) is 3. The van der Waals surface area contributed by atoms with Gasteiger partial charge in [-0.15, -0.1) is 0 Å². The summed E-state index contributed by atoms with van der Waals surface area (Å²) in [5.74, 6) is -0.0359. The van der Waals surface area contributed by atoms with E-state index < -0.39 is 0 Å². The van der Waals surface area contributed by atoms with E-state index in [4.69, 9.17) is 0 Å². The van der Waals surface area contributed by atoms with E-state index in [1.165, 1.54) is 5.56 Å². The molecule has 0 aromatic heterocycles. The van der Waals surface area contributed by atoms with Crippen LogP contribution in [0, 0.1) is 0 Å². The summed E-state index contributed by atoms with van der Waals surface area (Å²) in [7, 11) is 0. The highest BCUT2D eigenvalue weighted by Gasteiger charge is 2.37. The minimum Gasteiger partial charge on any atom is -0.349 e. The van der Waals surface area contributed by atoms with E-state index >= 15 is 0 Å². The summed E-state index contributed by atoms with van der Waals surface area (Å²) >= 11 is 0. The second-order valence-corrected chi connectivity index (χ2v) is 7.64. The molecule has 5 nitrogen and oxygen atoms in total. The van der Waals surface area contributed by atoms with Crippen molar-refractivity contribution < 1.29 is 9.59 Å². The summed E-state index contributed by atoms with van der Waals surface area (Å²) in [6.07, 6.45) is 2.58. The second-order valence-electron chi connectivity index (χ2n) is 7.64. The van der Waals surface area contributed by atoms with E-state index in [9.17, 15) is 9.59 Å². The minimum atomic E-state index is -0.0928. The summed E-state index contributed by atoms with van der Waals surface area (Å²) in [6, 6.07) is 8.18. The third kappa shape index (κ3) is 3.49. The van der Waals surface area contributed by atoms with E-state index in [0.29, 0.717) is 5.56 Å². The molecule has 1 aliphatic heterocycles. The molecule has 3 amide bonds. The van der Waals surface area contributed by atoms with E-state index in [0.717, 1.165) is 19.3 Å². The molecule has 3 N–H and O–H groups in total. The number of hydrogen-bond acceptors (Lipinski definition) is 2. The molecule has 0 bridgehead atoms. The fraction of sp³-hybridized carbons (Fsp3) is 0.556. The molecular weight excluding hydrogens is 290 g/mol. The lowest BCUT2D eigenvalue weighted by Gasteiger charge is -2.31. The van der Waals surface area contributed by atoms with Gasteiger partial charge in [0.15, 0.2) is 0 Å². The lowest BCUT2D eigenvalue weighted by molar-refractivity contribution is 0.0922. The van der Waals surface area contributed by atoms with Gasteiger partial charge in [0, 0.05) is 11.6 Å². The zero-order chi connectivity index (χ0) is 16.6. The fourth-order valence-electron chi connectivity index (χ4n) is 3.40. The van der Waals surface area contributed by atoms with E-state index in [1.807, 2.05) is 24.3 Å². The van der Waals surface area contributed by atoms with Crippen molar-refractivity contribution in [2.75, 3.05) is 0 Å². The molecule has 1 aromatic carbocycles. The van der Waals surface area contributed by atoms with Crippen molar-refractivity contribution in [3.63, 3.8) is 0 Å². The average Bonchev–Trinajstić information content (AvgIpc) is 2.86. The van der Waals surface area contributed by atoms with Crippen LogP contribution in [-0.4, -0.2) is 30.1 Å². The zero-order valence-electron chi connectivity index (χ0n) is 14.0. The predicted octanol–water partition coefficient (Wildman–Crippen LogP) is 2.32. The molecule has 23 heavy (non-hydrogen) atoms. The Morgan fingerprint density at radius 1 is 1.09 bits per heavy atom. The van der Waals surface area contributed by atoms with Gasteiger partial charge in [0.05, 0.1) is 12.1 Å². The molecule has 3 rings (SSSR count). The van der Waals surface area contributed by atoms with Gasteiger partial charge in [0.2, 0.25) is 0 Å². The van der Waals surface area contributed by atoms with Crippen LogP contribution in [0.5, 0.6) is 0 Å². The molecule has 5 heteroatoms. The number of benzene rings is 1. The number of fused-ring (bicyclic) bond motifs is 1. The SMILES string of the molecule is CC(C)(C)c1ccc(C(=O)NC2CCC3NC(=O)NC3C2)cc1. The standard InChI is InChI=1S/C18H25N3O2/c1-18(2,3)12-6-4-11(5-7-12)16(22)19-13-8-9-14-15(10-13)21-17(23)20-14/h4-7,13-15H,8-10H2,1-3H3,(H,19,22)(H2,20,21,23). The van der Waals surface area contributed by atoms with Crippen LogP contribution in [0.25, 0.3) is 0 Å². The Hall–Kier alpha value is -2.04. The number of urea groups is 1. The molecule has 124 valence electrons. The highest BCUT2D eigenvalue weighted by molar-refractivity contribution is 5.94. The molecule has 1 heterocycles. The first-order valence-electron chi connectivity index (χ1n) is 8.31. The average molecular weight is 315 g/mol. The molecule has 0 spiro atoms. The topological polar surface area (TPSA) is 70.2 Å². The van der Waals surface area contributed by atoms with Crippen molar-refractivity contribution in [3.05, 3.63) is 35.4 Å². The Kier molecular flexibility index (Phi) is 4.04. The van der Waals surface area contributed by atoms with Crippen LogP contribution >= 0.6 is 0 Å². The minimum absolute atomic E-state index is 0.0359. The molecule has 1 aliphatic carbocycles. The molecule has 1 aromatic rings. The van der Waals surface area contributed by atoms with E-state index in [1.54, 1.807) is 0 Å². The number of rotatable bonds is 2. The van der Waals surface area contributed by atoms with Gasteiger partial charge in [-0.05, 0) is 42.4 Å². The summed E-state index contributed by atoms with van der Waals surface area (Å²) in [4.78, 5) is 23.8. The summed E-state index contributed by atoms with van der Waals surface area (Å²) in [5, 5.41) is 8.94. The lowest BCUT2D eigenvalue weighted by atomic mass is 9.86. The third-order valence-electron chi connectivity index (χ3n) is 4.83. The van der Waals surface area contributed by atoms with Crippen LogP contribution in [0.1, 0.15) is 56.0 Å². The smallest absolute Gasteiger partial charge is 0.315 e. The molecule has 3 atom stereocenters. The first-order valence-corrected chi connectivity index (χ1v) is 8.31. The fourth-order valence-corrected chi connectivity index (χ4v) is 3.40. The maximum absolute atomic E-state index is 12.4. The van der Waals surface area contributed by atoms with Crippen LogP contribution in [0.2, 0.25) is 0 Å². The summed E-state index contributed by atoms with van der Waals surface area (Å²) in [6.45, 7) is 6.47. The molecule has 2 aliphatic rings. The number of carbonyl (C=O) groups is 2. The normalized spacial score (nSPS) is 26.9. The lowest BCUT2D eigenvalue weighted by Crippen LogP contribution is -2.47. The summed E-state index contributed by atoms with van der Waals surface area (Å²) in [5.41, 5.74) is 1.99. The van der Waals surface area contributed by atoms with Crippen molar-refractivity contribution in [3.8, 4) is 0 Å². The van der Waals surface area contributed by atoms with Crippen molar-refractivity contribution in [1.29, 1.82) is 0 Å². The van der Waals surface area contributed by atoms with Crippen molar-refractivity contribution in [1.82, 2.24) is 16.0 Å². The van der Waals surface area contributed by atoms with Crippen LogP contribution in [0.4, 0.5) is 4.79 Å². The Morgan fingerprint density at radius 3 is 2.39 bits per heavy atom. The van der Waals surface area contributed by atoms with Crippen molar-refractivity contribution >= 4 is 11.9 Å². The largest absolute Gasteiger partial charge is 0.349 e. The van der Waals surface area contributed by atoms with Gasteiger partial charge in [-0.1, -0.05) is 32.9 Å². The molecular formula is C18H25N3O2. The number of nitrogens with one attached hydrogen (secondary N) is 3. The molecule has 2 fully saturated rings. The van der Waals surface area contributed by atoms with Gasteiger partial charge in [-0.2, -0.15) is 0 Å². The maximum atomic E-state index is 12.4. The van der Waals surface area contributed by atoms with Crippen LogP contribution < -0.4 is 16.0 Å². The predicted molar refractivity (Wildman–Crippen MR) is 89.5 cm³/mol. The monoisotopic (exact) mass is 315 g/mol. The molecule has 3 unspecified atom stereocenters. The number of amides is 3. The first kappa shape index (κ1) is 15.8. The molecule has 1 saturated heterocycles. The van der Waals surface area contributed by atoms with E-state index in [-0.39, 0.29) is 35.5 Å². The van der Waals surface area contributed by atoms with Gasteiger partial charge in [-0.3, -0.25) is 4.79 Å². The van der Waals surface area contributed by atoms with Gasteiger partial charge >= 0.3 is 6.03 Å². The summed E-state index contributed by atoms with van der Waals surface area (Å²) < 4.78 is 0. The highest BCUT2D eigenvalue weighted by Crippen LogP contribution is 2.24. The Bertz CT molecular complexity index is 604. The Labute approximate surface area is 137 Å². The van der Waals surface area contributed by atoms with Crippen LogP contribution in [0.3, 0.4) is 0 Å². The highest BCUT2D eigenvalue weighted by atomic mass is 16.2. The van der Waals surface area contributed by atoms with Crippen LogP contribution in [0.15, 0.2) is 24.3 Å². The third-order valence-corrected chi connectivity index (χ3v) is 4.83. The number of carbonyl (C=O) groups excluding carboxylic acids is 2.